The van der Waals surface area contributed by atoms with E-state index in [-0.39, 0.29) is 0 Å². The molecule has 64 valence electrons. The van der Waals surface area contributed by atoms with E-state index in [9.17, 15) is 0 Å². The molecular formula is C6H12N2O2S. The lowest BCUT2D eigenvalue weighted by molar-refractivity contribution is -0.183. The minimum absolute atomic E-state index is 0.310. The van der Waals surface area contributed by atoms with Gasteiger partial charge < -0.3 is 20.8 Å². The molecule has 1 aliphatic rings. The molecule has 4 nitrogen and oxygen atoms in total. The lowest BCUT2D eigenvalue weighted by Gasteiger charge is -2.34. The van der Waals surface area contributed by atoms with Gasteiger partial charge in [-0.1, -0.05) is 0 Å². The highest BCUT2D eigenvalue weighted by molar-refractivity contribution is 7.80. The lowest BCUT2D eigenvalue weighted by Crippen LogP contribution is -2.48. The van der Waals surface area contributed by atoms with E-state index in [2.05, 4.69) is 0 Å². The second kappa shape index (κ2) is 2.92. The number of hydrogen-bond acceptors (Lipinski definition) is 3. The van der Waals surface area contributed by atoms with Crippen molar-refractivity contribution in [3.05, 3.63) is 0 Å². The summed E-state index contributed by atoms with van der Waals surface area (Å²) in [5.74, 6) is -1.51. The van der Waals surface area contributed by atoms with E-state index in [1.807, 2.05) is 0 Å². The van der Waals surface area contributed by atoms with Crippen LogP contribution >= 0.6 is 12.2 Å². The van der Waals surface area contributed by atoms with Crippen LogP contribution < -0.4 is 5.73 Å². The lowest BCUT2D eigenvalue weighted by atomic mass is 10.1. The predicted molar refractivity (Wildman–Crippen MR) is 44.8 cm³/mol. The molecule has 0 bridgehead atoms. The van der Waals surface area contributed by atoms with E-state index in [1.54, 1.807) is 4.90 Å². The quantitative estimate of drug-likeness (QED) is 0.326. The Morgan fingerprint density at radius 1 is 1.36 bits per heavy atom. The zero-order valence-electron chi connectivity index (χ0n) is 6.16. The van der Waals surface area contributed by atoms with Crippen LogP contribution in [0, 0.1) is 0 Å². The molecule has 0 aromatic heterocycles. The summed E-state index contributed by atoms with van der Waals surface area (Å²) in [5, 5.41) is 18.6. The van der Waals surface area contributed by atoms with Crippen molar-refractivity contribution in [2.75, 3.05) is 13.1 Å². The SMILES string of the molecule is NC(=S)N1CCC(O)(O)CC1. The average Bonchev–Trinajstić information content (AvgIpc) is 1.86. The number of thiocarbonyl (C=S) groups is 1. The van der Waals surface area contributed by atoms with Crippen LogP contribution in [0.25, 0.3) is 0 Å². The topological polar surface area (TPSA) is 69.7 Å². The maximum absolute atomic E-state index is 9.12. The van der Waals surface area contributed by atoms with Gasteiger partial charge in [0.15, 0.2) is 10.9 Å². The molecule has 1 heterocycles. The summed E-state index contributed by atoms with van der Waals surface area (Å²) in [6.45, 7) is 1.06. The number of aliphatic hydroxyl groups is 2. The van der Waals surface area contributed by atoms with Crippen LogP contribution in [-0.4, -0.2) is 39.1 Å². The molecule has 0 radical (unpaired) electrons. The van der Waals surface area contributed by atoms with Gasteiger partial charge in [0.05, 0.1) is 0 Å². The summed E-state index contributed by atoms with van der Waals surface area (Å²) >= 11 is 4.73. The Bertz CT molecular complexity index is 162. The molecule has 1 rings (SSSR count). The molecule has 1 aliphatic heterocycles. The summed E-state index contributed by atoms with van der Waals surface area (Å²) in [4.78, 5) is 1.76. The Balaban J connectivity index is 2.42. The molecule has 11 heavy (non-hydrogen) atoms. The third-order valence-corrected chi connectivity index (χ3v) is 2.13. The molecule has 0 unspecified atom stereocenters. The molecule has 0 aromatic carbocycles. The van der Waals surface area contributed by atoms with Crippen molar-refractivity contribution < 1.29 is 10.2 Å². The smallest absolute Gasteiger partial charge is 0.166 e. The largest absolute Gasteiger partial charge is 0.376 e. The Morgan fingerprint density at radius 3 is 2.18 bits per heavy atom. The third-order valence-electron chi connectivity index (χ3n) is 1.88. The van der Waals surface area contributed by atoms with Crippen LogP contribution in [0.3, 0.4) is 0 Å². The summed E-state index contributed by atoms with van der Waals surface area (Å²) in [6, 6.07) is 0. The van der Waals surface area contributed by atoms with Gasteiger partial charge in [-0.15, -0.1) is 0 Å². The van der Waals surface area contributed by atoms with Crippen LogP contribution in [0.5, 0.6) is 0 Å². The number of hydrogen-bond donors (Lipinski definition) is 3. The maximum atomic E-state index is 9.12. The summed E-state index contributed by atoms with van der Waals surface area (Å²) in [5.41, 5.74) is 5.35. The van der Waals surface area contributed by atoms with Crippen molar-refractivity contribution in [3.8, 4) is 0 Å². The number of rotatable bonds is 0. The number of likely N-dealkylation sites (tertiary alicyclic amines) is 1. The van der Waals surface area contributed by atoms with Crippen molar-refractivity contribution in [1.29, 1.82) is 0 Å². The minimum Gasteiger partial charge on any atom is -0.376 e. The molecule has 0 spiro atoms. The van der Waals surface area contributed by atoms with E-state index >= 15 is 0 Å². The van der Waals surface area contributed by atoms with Gasteiger partial charge in [0.25, 0.3) is 0 Å². The van der Waals surface area contributed by atoms with E-state index in [4.69, 9.17) is 28.2 Å². The van der Waals surface area contributed by atoms with E-state index in [1.165, 1.54) is 0 Å². The average molecular weight is 176 g/mol. The Hall–Kier alpha value is -0.390. The first kappa shape index (κ1) is 8.70. The first-order valence-electron chi connectivity index (χ1n) is 3.50. The Kier molecular flexibility index (Phi) is 2.31. The van der Waals surface area contributed by atoms with Gasteiger partial charge in [-0.2, -0.15) is 0 Å². The second-order valence-electron chi connectivity index (χ2n) is 2.81. The number of nitrogens with two attached hydrogens (primary N) is 1. The molecule has 5 heteroatoms. The molecule has 0 amide bonds. The molecule has 1 fully saturated rings. The highest BCUT2D eigenvalue weighted by Gasteiger charge is 2.29. The van der Waals surface area contributed by atoms with Crippen LogP contribution in [0.1, 0.15) is 12.8 Å². The van der Waals surface area contributed by atoms with Crippen molar-refractivity contribution in [2.45, 2.75) is 18.6 Å². The monoisotopic (exact) mass is 176 g/mol. The maximum Gasteiger partial charge on any atom is 0.166 e. The summed E-state index contributed by atoms with van der Waals surface area (Å²) < 4.78 is 0. The zero-order chi connectivity index (χ0) is 8.48. The van der Waals surface area contributed by atoms with Gasteiger partial charge in [-0.25, -0.2) is 0 Å². The molecule has 0 aliphatic carbocycles. The van der Waals surface area contributed by atoms with Gasteiger partial charge >= 0.3 is 0 Å². The fourth-order valence-corrected chi connectivity index (χ4v) is 1.27. The van der Waals surface area contributed by atoms with Gasteiger partial charge in [0, 0.05) is 25.9 Å². The summed E-state index contributed by atoms with van der Waals surface area (Å²) in [6.07, 6.45) is 0.620. The summed E-state index contributed by atoms with van der Waals surface area (Å²) in [7, 11) is 0. The van der Waals surface area contributed by atoms with Crippen molar-refractivity contribution in [2.24, 2.45) is 5.73 Å². The first-order valence-corrected chi connectivity index (χ1v) is 3.91. The van der Waals surface area contributed by atoms with Crippen LogP contribution in [0.2, 0.25) is 0 Å². The van der Waals surface area contributed by atoms with Crippen LogP contribution in [-0.2, 0) is 0 Å². The molecule has 0 aromatic rings. The van der Waals surface area contributed by atoms with Gasteiger partial charge in [-0.05, 0) is 12.2 Å². The molecular weight excluding hydrogens is 164 g/mol. The van der Waals surface area contributed by atoms with Gasteiger partial charge in [-0.3, -0.25) is 0 Å². The third kappa shape index (κ3) is 2.28. The predicted octanol–water partition coefficient (Wildman–Crippen LogP) is -0.993. The van der Waals surface area contributed by atoms with E-state index in [0.29, 0.717) is 31.0 Å². The van der Waals surface area contributed by atoms with E-state index < -0.39 is 5.79 Å². The van der Waals surface area contributed by atoms with Crippen LogP contribution in [0.15, 0.2) is 0 Å². The normalized spacial score (nSPS) is 23.3. The second-order valence-corrected chi connectivity index (χ2v) is 3.23. The van der Waals surface area contributed by atoms with Crippen molar-refractivity contribution in [3.63, 3.8) is 0 Å². The highest BCUT2D eigenvalue weighted by Crippen LogP contribution is 2.18. The highest BCUT2D eigenvalue weighted by atomic mass is 32.1. The minimum atomic E-state index is -1.51. The molecule has 4 N–H and O–H groups in total. The fourth-order valence-electron chi connectivity index (χ4n) is 1.09. The molecule has 0 atom stereocenters. The number of piperidine rings is 1. The van der Waals surface area contributed by atoms with Crippen molar-refractivity contribution >= 4 is 17.3 Å². The number of nitrogens with zero attached hydrogens (tertiary/aromatic N) is 1. The zero-order valence-corrected chi connectivity index (χ0v) is 6.97. The standard InChI is InChI=1S/C6H12N2O2S/c7-5(11)8-3-1-6(9,10)2-4-8/h9-10H,1-4H2,(H2,7,11). The Labute approximate surface area is 70.6 Å². The fraction of sp³-hybridized carbons (Fsp3) is 0.833. The first-order chi connectivity index (χ1) is 5.01. The Morgan fingerprint density at radius 2 is 1.82 bits per heavy atom. The molecule has 0 saturated carbocycles. The van der Waals surface area contributed by atoms with E-state index in [0.717, 1.165) is 0 Å². The van der Waals surface area contributed by atoms with Crippen molar-refractivity contribution in [1.82, 2.24) is 4.90 Å². The molecule has 1 saturated heterocycles. The van der Waals surface area contributed by atoms with Crippen LogP contribution in [0.4, 0.5) is 0 Å². The van der Waals surface area contributed by atoms with Gasteiger partial charge in [0.2, 0.25) is 0 Å². The van der Waals surface area contributed by atoms with Gasteiger partial charge in [0.1, 0.15) is 0 Å².